The van der Waals surface area contributed by atoms with Crippen LogP contribution in [0.15, 0.2) is 30.6 Å². The van der Waals surface area contributed by atoms with Gasteiger partial charge in [0.15, 0.2) is 0 Å². The van der Waals surface area contributed by atoms with Crippen LogP contribution in [0.1, 0.15) is 25.7 Å². The SMILES string of the molecule is O=C(CCn1cnc2ccccc21)NCCCCCO. The predicted octanol–water partition coefficient (Wildman–Crippen LogP) is 1.71. The maximum atomic E-state index is 11.7. The molecule has 0 aliphatic carbocycles. The number of para-hydroxylation sites is 2. The Morgan fingerprint density at radius 2 is 2.10 bits per heavy atom. The van der Waals surface area contributed by atoms with E-state index < -0.39 is 0 Å². The summed E-state index contributed by atoms with van der Waals surface area (Å²) in [5.74, 6) is 0.0618. The van der Waals surface area contributed by atoms with Crippen LogP contribution in [0.4, 0.5) is 0 Å². The van der Waals surface area contributed by atoms with Crippen molar-refractivity contribution < 1.29 is 9.90 Å². The molecule has 0 saturated carbocycles. The standard InChI is InChI=1S/C15H21N3O2/c19-11-5-1-4-9-16-15(20)8-10-18-12-17-13-6-2-3-7-14(13)18/h2-3,6-7,12,19H,1,4-5,8-11H2,(H,16,20). The van der Waals surface area contributed by atoms with Gasteiger partial charge in [0.25, 0.3) is 0 Å². The second-order valence-electron chi connectivity index (χ2n) is 4.81. The number of aromatic nitrogens is 2. The molecule has 20 heavy (non-hydrogen) atoms. The Hall–Kier alpha value is -1.88. The molecule has 0 spiro atoms. The third-order valence-electron chi connectivity index (χ3n) is 3.26. The minimum atomic E-state index is 0.0618. The van der Waals surface area contributed by atoms with Crippen LogP contribution in [0.3, 0.4) is 0 Å². The molecule has 0 fully saturated rings. The van der Waals surface area contributed by atoms with Crippen molar-refractivity contribution in [2.75, 3.05) is 13.2 Å². The number of nitrogens with one attached hydrogen (secondary N) is 1. The summed E-state index contributed by atoms with van der Waals surface area (Å²) in [5, 5.41) is 11.6. The van der Waals surface area contributed by atoms with Gasteiger partial charge in [-0.1, -0.05) is 12.1 Å². The molecule has 0 atom stereocenters. The van der Waals surface area contributed by atoms with Crippen molar-refractivity contribution in [3.8, 4) is 0 Å². The summed E-state index contributed by atoms with van der Waals surface area (Å²) in [6.45, 7) is 1.55. The molecule has 2 rings (SSSR count). The van der Waals surface area contributed by atoms with E-state index in [0.29, 0.717) is 19.5 Å². The number of unbranched alkanes of at least 4 members (excludes halogenated alkanes) is 2. The molecule has 108 valence electrons. The number of amides is 1. The van der Waals surface area contributed by atoms with Gasteiger partial charge in [0, 0.05) is 26.1 Å². The van der Waals surface area contributed by atoms with Crippen molar-refractivity contribution in [1.82, 2.24) is 14.9 Å². The molecule has 0 bridgehead atoms. The molecule has 0 unspecified atom stereocenters. The highest BCUT2D eigenvalue weighted by Crippen LogP contribution is 2.11. The number of fused-ring (bicyclic) bond motifs is 1. The topological polar surface area (TPSA) is 67.2 Å². The van der Waals surface area contributed by atoms with E-state index in [1.807, 2.05) is 28.8 Å². The number of benzene rings is 1. The third kappa shape index (κ3) is 4.06. The van der Waals surface area contributed by atoms with Gasteiger partial charge in [-0.3, -0.25) is 4.79 Å². The van der Waals surface area contributed by atoms with E-state index in [0.717, 1.165) is 30.3 Å². The van der Waals surface area contributed by atoms with Gasteiger partial charge in [0.2, 0.25) is 5.91 Å². The Kier molecular flexibility index (Phi) is 5.55. The van der Waals surface area contributed by atoms with Crippen molar-refractivity contribution >= 4 is 16.9 Å². The Labute approximate surface area is 118 Å². The van der Waals surface area contributed by atoms with Gasteiger partial charge in [0.1, 0.15) is 0 Å². The van der Waals surface area contributed by atoms with Crippen molar-refractivity contribution in [2.24, 2.45) is 0 Å². The van der Waals surface area contributed by atoms with Crippen LogP contribution in [0.2, 0.25) is 0 Å². The highest BCUT2D eigenvalue weighted by atomic mass is 16.2. The van der Waals surface area contributed by atoms with Gasteiger partial charge < -0.3 is 15.0 Å². The van der Waals surface area contributed by atoms with Gasteiger partial charge in [-0.05, 0) is 31.4 Å². The molecule has 0 aliphatic heterocycles. The van der Waals surface area contributed by atoms with E-state index in [1.54, 1.807) is 6.33 Å². The Morgan fingerprint density at radius 3 is 2.95 bits per heavy atom. The zero-order valence-corrected chi connectivity index (χ0v) is 11.6. The quantitative estimate of drug-likeness (QED) is 0.721. The second-order valence-corrected chi connectivity index (χ2v) is 4.81. The fourth-order valence-electron chi connectivity index (χ4n) is 2.14. The van der Waals surface area contributed by atoms with Crippen molar-refractivity contribution in [2.45, 2.75) is 32.2 Å². The normalized spacial score (nSPS) is 10.8. The number of nitrogens with zero attached hydrogens (tertiary/aromatic N) is 2. The number of hydrogen-bond donors (Lipinski definition) is 2. The minimum absolute atomic E-state index is 0.0618. The lowest BCUT2D eigenvalue weighted by Crippen LogP contribution is -2.25. The highest BCUT2D eigenvalue weighted by Gasteiger charge is 2.04. The molecule has 0 radical (unpaired) electrons. The van der Waals surface area contributed by atoms with Crippen LogP contribution in [0.25, 0.3) is 11.0 Å². The first kappa shape index (κ1) is 14.5. The van der Waals surface area contributed by atoms with Crippen LogP contribution in [0.5, 0.6) is 0 Å². The number of rotatable bonds is 8. The number of aryl methyl sites for hydroxylation is 1. The van der Waals surface area contributed by atoms with Crippen molar-refractivity contribution in [1.29, 1.82) is 0 Å². The maximum Gasteiger partial charge on any atom is 0.221 e. The Morgan fingerprint density at radius 1 is 1.25 bits per heavy atom. The number of aliphatic hydroxyl groups is 1. The number of carbonyl (C=O) groups is 1. The summed E-state index contributed by atoms with van der Waals surface area (Å²) in [7, 11) is 0. The average molecular weight is 275 g/mol. The Balaban J connectivity index is 1.73. The number of hydrogen-bond acceptors (Lipinski definition) is 3. The molecule has 1 aromatic heterocycles. The van der Waals surface area contributed by atoms with E-state index in [2.05, 4.69) is 10.3 Å². The highest BCUT2D eigenvalue weighted by molar-refractivity contribution is 5.77. The fourth-order valence-corrected chi connectivity index (χ4v) is 2.14. The molecule has 2 aromatic rings. The minimum Gasteiger partial charge on any atom is -0.396 e. The molecule has 0 saturated heterocycles. The zero-order valence-electron chi connectivity index (χ0n) is 11.6. The molecule has 5 heteroatoms. The summed E-state index contributed by atoms with van der Waals surface area (Å²) >= 11 is 0. The summed E-state index contributed by atoms with van der Waals surface area (Å²) in [4.78, 5) is 16.0. The monoisotopic (exact) mass is 275 g/mol. The van der Waals surface area contributed by atoms with E-state index in [4.69, 9.17) is 5.11 Å². The van der Waals surface area contributed by atoms with E-state index >= 15 is 0 Å². The summed E-state index contributed by atoms with van der Waals surface area (Å²) < 4.78 is 2.00. The lowest BCUT2D eigenvalue weighted by Gasteiger charge is -2.06. The zero-order chi connectivity index (χ0) is 14.2. The van der Waals surface area contributed by atoms with Crippen LogP contribution in [-0.4, -0.2) is 33.7 Å². The maximum absolute atomic E-state index is 11.7. The largest absolute Gasteiger partial charge is 0.396 e. The molecule has 1 heterocycles. The summed E-state index contributed by atoms with van der Waals surface area (Å²) in [6, 6.07) is 7.91. The van der Waals surface area contributed by atoms with Crippen molar-refractivity contribution in [3.05, 3.63) is 30.6 Å². The molecule has 2 N–H and O–H groups in total. The van der Waals surface area contributed by atoms with Crippen LogP contribution in [0, 0.1) is 0 Å². The van der Waals surface area contributed by atoms with E-state index in [1.165, 1.54) is 0 Å². The molecular formula is C15H21N3O2. The van der Waals surface area contributed by atoms with Gasteiger partial charge >= 0.3 is 0 Å². The smallest absolute Gasteiger partial charge is 0.221 e. The Bertz CT molecular complexity index is 551. The lowest BCUT2D eigenvalue weighted by atomic mass is 10.2. The first-order chi connectivity index (χ1) is 9.81. The molecule has 1 aromatic carbocycles. The van der Waals surface area contributed by atoms with Crippen molar-refractivity contribution in [3.63, 3.8) is 0 Å². The lowest BCUT2D eigenvalue weighted by molar-refractivity contribution is -0.121. The molecular weight excluding hydrogens is 254 g/mol. The first-order valence-corrected chi connectivity index (χ1v) is 7.08. The van der Waals surface area contributed by atoms with Crippen LogP contribution < -0.4 is 5.32 Å². The third-order valence-corrected chi connectivity index (χ3v) is 3.26. The fraction of sp³-hybridized carbons (Fsp3) is 0.467. The number of imidazole rings is 1. The van der Waals surface area contributed by atoms with Gasteiger partial charge in [-0.15, -0.1) is 0 Å². The van der Waals surface area contributed by atoms with Gasteiger partial charge in [-0.25, -0.2) is 4.98 Å². The predicted molar refractivity (Wildman–Crippen MR) is 78.3 cm³/mol. The van der Waals surface area contributed by atoms with E-state index in [-0.39, 0.29) is 12.5 Å². The number of carbonyl (C=O) groups excluding carboxylic acids is 1. The van der Waals surface area contributed by atoms with Crippen LogP contribution >= 0.6 is 0 Å². The summed E-state index contributed by atoms with van der Waals surface area (Å²) in [6.07, 6.45) is 4.90. The van der Waals surface area contributed by atoms with Gasteiger partial charge in [-0.2, -0.15) is 0 Å². The second kappa shape index (κ2) is 7.65. The molecule has 5 nitrogen and oxygen atoms in total. The molecule has 0 aliphatic rings. The van der Waals surface area contributed by atoms with Gasteiger partial charge in [0.05, 0.1) is 17.4 Å². The molecule has 1 amide bonds. The first-order valence-electron chi connectivity index (χ1n) is 7.08. The average Bonchev–Trinajstić information content (AvgIpc) is 2.88. The summed E-state index contributed by atoms with van der Waals surface area (Å²) in [5.41, 5.74) is 2.01. The number of aliphatic hydroxyl groups excluding tert-OH is 1. The van der Waals surface area contributed by atoms with E-state index in [9.17, 15) is 4.79 Å². The van der Waals surface area contributed by atoms with Crippen LogP contribution in [-0.2, 0) is 11.3 Å².